The molecule has 0 fully saturated rings. The van der Waals surface area contributed by atoms with Gasteiger partial charge >= 0.3 is 0 Å². The Morgan fingerprint density at radius 3 is 1.36 bits per heavy atom. The van der Waals surface area contributed by atoms with Crippen molar-refractivity contribution in [3.63, 3.8) is 0 Å². The topological polar surface area (TPSA) is 26.3 Å². The fraction of sp³-hybridized carbons (Fsp3) is 0.480. The van der Waals surface area contributed by atoms with Crippen molar-refractivity contribution in [2.45, 2.75) is 77.9 Å². The molecule has 0 unspecified atom stereocenters. The van der Waals surface area contributed by atoms with Crippen molar-refractivity contribution in [1.82, 2.24) is 0 Å². The van der Waals surface area contributed by atoms with E-state index in [1.165, 1.54) is 0 Å². The van der Waals surface area contributed by atoms with Crippen LogP contribution in [-0.2, 0) is 9.22 Å². The maximum Gasteiger partial charge on any atom is 0.292 e. The molecule has 0 amide bonds. The monoisotopic (exact) mass is 400 g/mol. The van der Waals surface area contributed by atoms with Gasteiger partial charge in [0.05, 0.1) is 0 Å². The largest absolute Gasteiger partial charge is 0.520 e. The molecule has 0 heterocycles. The van der Waals surface area contributed by atoms with Crippen LogP contribution in [0.4, 0.5) is 0 Å². The highest BCUT2D eigenvalue weighted by Crippen LogP contribution is 2.06. The van der Waals surface area contributed by atoms with E-state index in [0.29, 0.717) is 6.42 Å². The Labute approximate surface area is 174 Å². The van der Waals surface area contributed by atoms with Crippen LogP contribution in [0.5, 0.6) is 0 Å². The summed E-state index contributed by atoms with van der Waals surface area (Å²) in [7, 11) is -1.74. The molecular formula is C25H40O2Si. The predicted octanol–water partition coefficient (Wildman–Crippen LogP) is 7.84. The average molecular weight is 401 g/mol. The quantitative estimate of drug-likeness (QED) is 0.207. The van der Waals surface area contributed by atoms with Gasteiger partial charge in [0, 0.05) is 6.42 Å². The molecule has 0 bridgehead atoms. The number of rotatable bonds is 15. The molecule has 0 aliphatic heterocycles. The number of hydrogen-bond donors (Lipinski definition) is 0. The fourth-order valence-electron chi connectivity index (χ4n) is 2.23. The fourth-order valence-corrected chi connectivity index (χ4v) is 3.02. The Bertz CT molecular complexity index is 558. The summed E-state index contributed by atoms with van der Waals surface area (Å²) in [5.41, 5.74) is 0. The smallest absolute Gasteiger partial charge is 0.292 e. The molecule has 0 aromatic rings. The lowest BCUT2D eigenvalue weighted by molar-refractivity contribution is -0.135. The van der Waals surface area contributed by atoms with Gasteiger partial charge in [-0.15, -0.1) is 0 Å². The zero-order chi connectivity index (χ0) is 20.9. The molecule has 0 spiro atoms. The number of allylic oxidation sites excluding steroid dienone is 12. The minimum absolute atomic E-state index is 0.0707. The lowest BCUT2D eigenvalue weighted by atomic mass is 10.2. The minimum Gasteiger partial charge on any atom is -0.520 e. The molecule has 0 radical (unpaired) electrons. The minimum atomic E-state index is -1.74. The van der Waals surface area contributed by atoms with E-state index in [1.807, 2.05) is 19.6 Å². The molecule has 2 nitrogen and oxygen atoms in total. The summed E-state index contributed by atoms with van der Waals surface area (Å²) in [5, 5.41) is 0. The van der Waals surface area contributed by atoms with Gasteiger partial charge in [-0.3, -0.25) is 4.79 Å². The van der Waals surface area contributed by atoms with E-state index in [-0.39, 0.29) is 5.97 Å². The molecule has 0 aliphatic carbocycles. The van der Waals surface area contributed by atoms with Crippen molar-refractivity contribution in [2.24, 2.45) is 0 Å². The van der Waals surface area contributed by atoms with Crippen molar-refractivity contribution in [3.8, 4) is 0 Å². The molecule has 0 saturated carbocycles. The zero-order valence-electron chi connectivity index (χ0n) is 18.4. The Morgan fingerprint density at radius 2 is 1.00 bits per heavy atom. The maximum atomic E-state index is 11.6. The first kappa shape index (κ1) is 26.1. The molecule has 0 saturated heterocycles. The highest BCUT2D eigenvalue weighted by molar-refractivity contribution is 6.71. The Hall–Kier alpha value is -1.87. The van der Waals surface area contributed by atoms with Gasteiger partial charge < -0.3 is 4.43 Å². The highest BCUT2D eigenvalue weighted by Gasteiger charge is 2.18. The summed E-state index contributed by atoms with van der Waals surface area (Å²) in [6, 6.07) is 0. The predicted molar refractivity (Wildman–Crippen MR) is 127 cm³/mol. The molecule has 0 rings (SSSR count). The summed E-state index contributed by atoms with van der Waals surface area (Å²) >= 11 is 0. The van der Waals surface area contributed by atoms with E-state index in [4.69, 9.17) is 4.43 Å². The average Bonchev–Trinajstić information content (AvgIpc) is 2.62. The third kappa shape index (κ3) is 22.2. The summed E-state index contributed by atoms with van der Waals surface area (Å²) in [5.74, 6) is -0.0707. The van der Waals surface area contributed by atoms with E-state index < -0.39 is 8.32 Å². The molecule has 0 N–H and O–H groups in total. The highest BCUT2D eigenvalue weighted by atomic mass is 28.4. The maximum absolute atomic E-state index is 11.6. The molecule has 156 valence electrons. The van der Waals surface area contributed by atoms with Gasteiger partial charge in [-0.25, -0.2) is 0 Å². The Kier molecular flexibility index (Phi) is 17.3. The van der Waals surface area contributed by atoms with Gasteiger partial charge in [0.25, 0.3) is 5.97 Å². The van der Waals surface area contributed by atoms with Crippen molar-refractivity contribution >= 4 is 14.3 Å². The third-order valence-electron chi connectivity index (χ3n) is 3.53. The first-order valence-electron chi connectivity index (χ1n) is 10.6. The first-order chi connectivity index (χ1) is 13.5. The first-order valence-corrected chi connectivity index (χ1v) is 14.0. The second kappa shape index (κ2) is 18.5. The third-order valence-corrected chi connectivity index (χ3v) is 4.37. The van der Waals surface area contributed by atoms with Crippen LogP contribution in [-0.4, -0.2) is 14.3 Å². The second-order valence-corrected chi connectivity index (χ2v) is 12.0. The van der Waals surface area contributed by atoms with Crippen LogP contribution in [0.2, 0.25) is 19.6 Å². The van der Waals surface area contributed by atoms with Crippen LogP contribution in [0.3, 0.4) is 0 Å². The SMILES string of the molecule is CC/C=C\C/C=C\C/C=C\C/C=C\C/C=C\C/C=C\CCC(=O)O[Si](C)(C)C. The van der Waals surface area contributed by atoms with Crippen LogP contribution in [0.25, 0.3) is 0 Å². The van der Waals surface area contributed by atoms with Crippen molar-refractivity contribution < 1.29 is 9.22 Å². The molecule has 3 heteroatoms. The summed E-state index contributed by atoms with van der Waals surface area (Å²) in [4.78, 5) is 11.6. The van der Waals surface area contributed by atoms with E-state index in [2.05, 4.69) is 79.8 Å². The van der Waals surface area contributed by atoms with Gasteiger partial charge in [0.2, 0.25) is 8.32 Å². The Morgan fingerprint density at radius 1 is 0.643 bits per heavy atom. The lowest BCUT2D eigenvalue weighted by Crippen LogP contribution is -2.28. The second-order valence-electron chi connectivity index (χ2n) is 7.54. The normalized spacial score (nSPS) is 13.4. The number of carbonyl (C=O) groups excluding carboxylic acids is 1. The van der Waals surface area contributed by atoms with Gasteiger partial charge in [0.1, 0.15) is 0 Å². The Balaban J connectivity index is 3.62. The van der Waals surface area contributed by atoms with E-state index in [9.17, 15) is 4.79 Å². The van der Waals surface area contributed by atoms with Crippen LogP contribution < -0.4 is 0 Å². The molecule has 0 aromatic carbocycles. The molecule has 0 aliphatic rings. The zero-order valence-corrected chi connectivity index (χ0v) is 19.4. The molecule has 0 atom stereocenters. The molecule has 28 heavy (non-hydrogen) atoms. The lowest BCUT2D eigenvalue weighted by Gasteiger charge is -2.16. The molecular weight excluding hydrogens is 360 g/mol. The van der Waals surface area contributed by atoms with Crippen LogP contribution >= 0.6 is 0 Å². The molecule has 0 aromatic heterocycles. The van der Waals surface area contributed by atoms with Crippen LogP contribution in [0.15, 0.2) is 72.9 Å². The number of carbonyl (C=O) groups is 1. The summed E-state index contributed by atoms with van der Waals surface area (Å²) in [6.07, 6.45) is 33.4. The van der Waals surface area contributed by atoms with E-state index in [1.54, 1.807) is 0 Å². The van der Waals surface area contributed by atoms with Crippen molar-refractivity contribution in [1.29, 1.82) is 0 Å². The van der Waals surface area contributed by atoms with Crippen molar-refractivity contribution in [3.05, 3.63) is 72.9 Å². The number of hydrogen-bond acceptors (Lipinski definition) is 2. The van der Waals surface area contributed by atoms with Gasteiger partial charge in [-0.05, 0) is 64.6 Å². The van der Waals surface area contributed by atoms with Crippen LogP contribution in [0.1, 0.15) is 58.3 Å². The van der Waals surface area contributed by atoms with Crippen LogP contribution in [0, 0.1) is 0 Å². The van der Waals surface area contributed by atoms with Gasteiger partial charge in [-0.2, -0.15) is 0 Å². The van der Waals surface area contributed by atoms with E-state index in [0.717, 1.165) is 44.9 Å². The van der Waals surface area contributed by atoms with Gasteiger partial charge in [0.15, 0.2) is 0 Å². The van der Waals surface area contributed by atoms with Crippen molar-refractivity contribution in [2.75, 3.05) is 0 Å². The van der Waals surface area contributed by atoms with Gasteiger partial charge in [-0.1, -0.05) is 79.8 Å². The summed E-state index contributed by atoms with van der Waals surface area (Å²) < 4.78 is 5.41. The summed E-state index contributed by atoms with van der Waals surface area (Å²) in [6.45, 7) is 8.24. The van der Waals surface area contributed by atoms with E-state index >= 15 is 0 Å². The standard InChI is InChI=1S/C25H40O2Si/c1-5-6-7-8-9-10-11-12-13-14-15-16-17-18-19-20-21-22-23-24-25(26)27-28(2,3)4/h6-7,9-10,12-13,15-16,18-19,21-22H,5,8,11,14,17,20,23-24H2,1-4H3/b7-6-,10-9-,13-12-,16-15-,19-18-,22-21-.